The van der Waals surface area contributed by atoms with Gasteiger partial charge < -0.3 is 15.3 Å². The number of halogens is 2. The van der Waals surface area contributed by atoms with Crippen LogP contribution in [0.25, 0.3) is 0 Å². The van der Waals surface area contributed by atoms with Crippen molar-refractivity contribution < 1.29 is 9.90 Å². The maximum absolute atomic E-state index is 11.1. The summed E-state index contributed by atoms with van der Waals surface area (Å²) >= 11 is 5.78. The van der Waals surface area contributed by atoms with Crippen LogP contribution in [0.15, 0.2) is 6.07 Å². The number of piperazine rings is 1. The molecule has 1 fully saturated rings. The summed E-state index contributed by atoms with van der Waals surface area (Å²) in [5, 5.41) is 12.3. The van der Waals surface area contributed by atoms with Crippen molar-refractivity contribution in [1.82, 2.24) is 15.3 Å². The molecule has 1 saturated heterocycles. The molecule has 6 nitrogen and oxygen atoms in total. The molecule has 1 unspecified atom stereocenters. The van der Waals surface area contributed by atoms with Gasteiger partial charge in [0, 0.05) is 31.4 Å². The van der Waals surface area contributed by atoms with Gasteiger partial charge in [-0.2, -0.15) is 0 Å². The Hall–Kier alpha value is -1.11. The summed E-state index contributed by atoms with van der Waals surface area (Å²) in [4.78, 5) is 20.9. The molecule has 8 heteroatoms. The largest absolute Gasteiger partial charge is 0.480 e. The Bertz CT molecular complexity index is 424. The zero-order valence-corrected chi connectivity index (χ0v) is 11.3. The van der Waals surface area contributed by atoms with E-state index in [0.29, 0.717) is 18.9 Å². The van der Waals surface area contributed by atoms with Crippen molar-refractivity contribution in [2.24, 2.45) is 0 Å². The number of carbonyl (C=O) groups is 1. The quantitative estimate of drug-likeness (QED) is 0.782. The molecular weight excluding hydrogens is 279 g/mol. The van der Waals surface area contributed by atoms with E-state index >= 15 is 0 Å². The van der Waals surface area contributed by atoms with E-state index in [9.17, 15) is 4.79 Å². The molecule has 0 aliphatic carbocycles. The number of aryl methyl sites for hydroxylation is 1. The van der Waals surface area contributed by atoms with Gasteiger partial charge in [-0.25, -0.2) is 14.8 Å². The lowest BCUT2D eigenvalue weighted by atomic mass is 10.2. The maximum Gasteiger partial charge on any atom is 0.327 e. The van der Waals surface area contributed by atoms with Gasteiger partial charge in [0.05, 0.1) is 0 Å². The number of anilines is 1. The molecule has 1 aliphatic rings. The first-order chi connectivity index (χ1) is 8.08. The molecule has 100 valence electrons. The monoisotopic (exact) mass is 292 g/mol. The van der Waals surface area contributed by atoms with Crippen LogP contribution in [0.5, 0.6) is 0 Å². The van der Waals surface area contributed by atoms with Gasteiger partial charge in [-0.1, -0.05) is 0 Å². The Morgan fingerprint density at radius 3 is 2.94 bits per heavy atom. The lowest BCUT2D eigenvalue weighted by Crippen LogP contribution is -2.55. The lowest BCUT2D eigenvalue weighted by molar-refractivity contribution is -0.138. The van der Waals surface area contributed by atoms with Crippen LogP contribution in [-0.4, -0.2) is 46.7 Å². The fourth-order valence-electron chi connectivity index (χ4n) is 1.86. The van der Waals surface area contributed by atoms with Crippen LogP contribution in [-0.2, 0) is 4.79 Å². The number of aliphatic carboxylic acids is 1. The van der Waals surface area contributed by atoms with E-state index in [2.05, 4.69) is 15.3 Å². The van der Waals surface area contributed by atoms with Crippen molar-refractivity contribution >= 4 is 35.8 Å². The van der Waals surface area contributed by atoms with Gasteiger partial charge in [0.15, 0.2) is 0 Å². The molecule has 0 amide bonds. The van der Waals surface area contributed by atoms with Crippen molar-refractivity contribution in [2.75, 3.05) is 24.5 Å². The molecule has 0 radical (unpaired) electrons. The first kappa shape index (κ1) is 14.9. The summed E-state index contributed by atoms with van der Waals surface area (Å²) in [5.41, 5.74) is 0.725. The molecule has 1 aromatic rings. The van der Waals surface area contributed by atoms with Crippen molar-refractivity contribution in [1.29, 1.82) is 0 Å². The minimum Gasteiger partial charge on any atom is -0.480 e. The molecule has 1 aromatic heterocycles. The molecule has 2 heterocycles. The smallest absolute Gasteiger partial charge is 0.327 e. The van der Waals surface area contributed by atoms with Gasteiger partial charge >= 0.3 is 5.97 Å². The number of hydrogen-bond donors (Lipinski definition) is 2. The van der Waals surface area contributed by atoms with E-state index in [4.69, 9.17) is 16.7 Å². The average molecular weight is 293 g/mol. The zero-order valence-electron chi connectivity index (χ0n) is 9.76. The number of carboxylic acid groups (broad SMARTS) is 1. The summed E-state index contributed by atoms with van der Waals surface area (Å²) in [7, 11) is 0. The highest BCUT2D eigenvalue weighted by atomic mass is 35.5. The molecule has 0 bridgehead atoms. The third-order valence-electron chi connectivity index (χ3n) is 2.64. The van der Waals surface area contributed by atoms with Crippen LogP contribution in [0.3, 0.4) is 0 Å². The highest BCUT2D eigenvalue weighted by Crippen LogP contribution is 2.18. The number of hydrogen-bond acceptors (Lipinski definition) is 5. The summed E-state index contributed by atoms with van der Waals surface area (Å²) < 4.78 is 0. The topological polar surface area (TPSA) is 78.4 Å². The van der Waals surface area contributed by atoms with E-state index in [1.165, 1.54) is 0 Å². The summed E-state index contributed by atoms with van der Waals surface area (Å²) in [6, 6.07) is 1.13. The van der Waals surface area contributed by atoms with Crippen molar-refractivity contribution in [2.45, 2.75) is 13.0 Å². The lowest BCUT2D eigenvalue weighted by Gasteiger charge is -2.34. The van der Waals surface area contributed by atoms with Crippen molar-refractivity contribution in [3.63, 3.8) is 0 Å². The van der Waals surface area contributed by atoms with Crippen LogP contribution < -0.4 is 10.2 Å². The average Bonchev–Trinajstić information content (AvgIpc) is 2.27. The van der Waals surface area contributed by atoms with E-state index in [0.717, 1.165) is 12.2 Å². The fraction of sp³-hybridized carbons (Fsp3) is 0.500. The van der Waals surface area contributed by atoms with Gasteiger partial charge in [0.1, 0.15) is 11.9 Å². The predicted octanol–water partition coefficient (Wildman–Crippen LogP) is 0.723. The molecule has 0 aromatic carbocycles. The van der Waals surface area contributed by atoms with Crippen LogP contribution in [0.2, 0.25) is 5.28 Å². The van der Waals surface area contributed by atoms with E-state index in [1.54, 1.807) is 17.9 Å². The van der Waals surface area contributed by atoms with E-state index in [1.807, 2.05) is 0 Å². The van der Waals surface area contributed by atoms with Crippen LogP contribution in [0.4, 0.5) is 5.82 Å². The Morgan fingerprint density at radius 1 is 1.61 bits per heavy atom. The number of rotatable bonds is 2. The first-order valence-corrected chi connectivity index (χ1v) is 5.67. The van der Waals surface area contributed by atoms with Gasteiger partial charge in [-0.15, -0.1) is 12.4 Å². The Kier molecular flexibility index (Phi) is 5.13. The number of carboxylic acids is 1. The highest BCUT2D eigenvalue weighted by Gasteiger charge is 2.29. The summed E-state index contributed by atoms with van der Waals surface area (Å²) in [6.45, 7) is 3.51. The molecule has 18 heavy (non-hydrogen) atoms. The second-order valence-corrected chi connectivity index (χ2v) is 4.23. The normalized spacial score (nSPS) is 19.2. The highest BCUT2D eigenvalue weighted by molar-refractivity contribution is 6.28. The van der Waals surface area contributed by atoms with Crippen LogP contribution in [0.1, 0.15) is 5.69 Å². The minimum atomic E-state index is -0.871. The molecular formula is C10H14Cl2N4O2. The Labute approximate surface area is 116 Å². The minimum absolute atomic E-state index is 0. The van der Waals surface area contributed by atoms with Crippen molar-refractivity contribution in [3.8, 4) is 0 Å². The second kappa shape index (κ2) is 6.17. The van der Waals surface area contributed by atoms with Crippen molar-refractivity contribution in [3.05, 3.63) is 17.0 Å². The second-order valence-electron chi connectivity index (χ2n) is 3.89. The van der Waals surface area contributed by atoms with Gasteiger partial charge in [0.25, 0.3) is 0 Å². The number of nitrogens with zero attached hydrogens (tertiary/aromatic N) is 3. The standard InChI is InChI=1S/C10H13ClN4O2.ClH/c1-6-4-8(14-10(11)13-6)15-3-2-12-5-7(15)9(16)17;/h4,7,12H,2-3,5H2,1H3,(H,16,17);1H. The van der Waals surface area contributed by atoms with Gasteiger partial charge in [-0.3, -0.25) is 0 Å². The van der Waals surface area contributed by atoms with E-state index < -0.39 is 12.0 Å². The van der Waals surface area contributed by atoms with E-state index in [-0.39, 0.29) is 17.7 Å². The number of nitrogens with one attached hydrogen (secondary N) is 1. The fourth-order valence-corrected chi connectivity index (χ4v) is 2.08. The molecule has 0 saturated carbocycles. The predicted molar refractivity (Wildman–Crippen MR) is 70.7 cm³/mol. The third-order valence-corrected chi connectivity index (χ3v) is 2.81. The van der Waals surface area contributed by atoms with Crippen LogP contribution in [0, 0.1) is 6.92 Å². The Morgan fingerprint density at radius 2 is 2.33 bits per heavy atom. The molecule has 2 rings (SSSR count). The Balaban J connectivity index is 0.00000162. The molecule has 1 aliphatic heterocycles. The maximum atomic E-state index is 11.1. The van der Waals surface area contributed by atoms with Gasteiger partial charge in [0.2, 0.25) is 5.28 Å². The van der Waals surface area contributed by atoms with Crippen LogP contribution >= 0.6 is 24.0 Å². The molecule has 0 spiro atoms. The number of aromatic nitrogens is 2. The third kappa shape index (κ3) is 3.22. The summed E-state index contributed by atoms with van der Waals surface area (Å²) in [6.07, 6.45) is 0. The summed E-state index contributed by atoms with van der Waals surface area (Å²) in [5.74, 6) is -0.305. The molecule has 1 atom stereocenters. The zero-order chi connectivity index (χ0) is 12.4. The molecule has 2 N–H and O–H groups in total. The SMILES string of the molecule is Cc1cc(N2CCNCC2C(=O)O)nc(Cl)n1.Cl. The first-order valence-electron chi connectivity index (χ1n) is 5.29. The van der Waals surface area contributed by atoms with Gasteiger partial charge in [-0.05, 0) is 18.5 Å².